The Hall–Kier alpha value is -2.73. The molecule has 2 aromatic heterocycles. The standard InChI is InChI=1S/C16H14ClN5O/c1-2-18-16(23)22-14-7-6-12-15(21-14)20-13(9-19-12)10-4-3-5-11(17)8-10/h3-9H,2H2,1H3,(H2,18,20,21,22,23). The fourth-order valence-corrected chi connectivity index (χ4v) is 2.27. The number of pyridine rings is 1. The Morgan fingerprint density at radius 2 is 2.09 bits per heavy atom. The summed E-state index contributed by atoms with van der Waals surface area (Å²) in [5.74, 6) is 0.418. The van der Waals surface area contributed by atoms with E-state index in [1.165, 1.54) is 0 Å². The van der Waals surface area contributed by atoms with Crippen LogP contribution in [0.1, 0.15) is 6.92 Å². The van der Waals surface area contributed by atoms with Crippen LogP contribution in [0.5, 0.6) is 0 Å². The molecule has 0 aliphatic rings. The summed E-state index contributed by atoms with van der Waals surface area (Å²) < 4.78 is 0. The van der Waals surface area contributed by atoms with Gasteiger partial charge < -0.3 is 5.32 Å². The molecule has 3 aromatic rings. The third-order valence-electron chi connectivity index (χ3n) is 3.11. The molecule has 2 heterocycles. The van der Waals surface area contributed by atoms with Crippen LogP contribution >= 0.6 is 11.6 Å². The maximum absolute atomic E-state index is 11.6. The molecule has 1 aromatic carbocycles. The van der Waals surface area contributed by atoms with Crippen molar-refractivity contribution in [3.63, 3.8) is 0 Å². The van der Waals surface area contributed by atoms with E-state index in [1.807, 2.05) is 25.1 Å². The Bertz CT molecular complexity index is 868. The van der Waals surface area contributed by atoms with E-state index >= 15 is 0 Å². The lowest BCUT2D eigenvalue weighted by atomic mass is 10.1. The van der Waals surface area contributed by atoms with Gasteiger partial charge in [-0.05, 0) is 31.2 Å². The van der Waals surface area contributed by atoms with Gasteiger partial charge in [-0.3, -0.25) is 10.3 Å². The zero-order valence-corrected chi connectivity index (χ0v) is 13.1. The van der Waals surface area contributed by atoms with Gasteiger partial charge in [-0.25, -0.2) is 14.8 Å². The smallest absolute Gasteiger partial charge is 0.320 e. The second kappa shape index (κ2) is 6.58. The van der Waals surface area contributed by atoms with Crippen molar-refractivity contribution < 1.29 is 4.79 Å². The first kappa shape index (κ1) is 15.2. The van der Waals surface area contributed by atoms with Crippen molar-refractivity contribution in [2.24, 2.45) is 0 Å². The minimum absolute atomic E-state index is 0.307. The number of urea groups is 1. The topological polar surface area (TPSA) is 79.8 Å². The van der Waals surface area contributed by atoms with Gasteiger partial charge in [-0.2, -0.15) is 0 Å². The normalized spacial score (nSPS) is 10.5. The number of anilines is 1. The monoisotopic (exact) mass is 327 g/mol. The van der Waals surface area contributed by atoms with Gasteiger partial charge in [-0.1, -0.05) is 23.7 Å². The van der Waals surface area contributed by atoms with Crippen molar-refractivity contribution >= 4 is 34.6 Å². The molecule has 7 heteroatoms. The molecule has 0 saturated heterocycles. The van der Waals surface area contributed by atoms with Crippen LogP contribution in [-0.2, 0) is 0 Å². The summed E-state index contributed by atoms with van der Waals surface area (Å²) in [5.41, 5.74) is 2.63. The fraction of sp³-hybridized carbons (Fsp3) is 0.125. The number of rotatable bonds is 3. The summed E-state index contributed by atoms with van der Waals surface area (Å²) in [6.45, 7) is 2.38. The van der Waals surface area contributed by atoms with Gasteiger partial charge in [-0.15, -0.1) is 0 Å². The Morgan fingerprint density at radius 3 is 2.87 bits per heavy atom. The van der Waals surface area contributed by atoms with E-state index in [0.717, 1.165) is 5.56 Å². The molecule has 3 rings (SSSR count). The van der Waals surface area contributed by atoms with E-state index in [-0.39, 0.29) is 6.03 Å². The molecular weight excluding hydrogens is 314 g/mol. The molecule has 0 radical (unpaired) electrons. The zero-order valence-electron chi connectivity index (χ0n) is 12.4. The summed E-state index contributed by atoms with van der Waals surface area (Å²) in [6, 6.07) is 10.5. The predicted molar refractivity (Wildman–Crippen MR) is 90.5 cm³/mol. The number of benzene rings is 1. The van der Waals surface area contributed by atoms with Gasteiger partial charge >= 0.3 is 6.03 Å². The van der Waals surface area contributed by atoms with Gasteiger partial charge in [0.15, 0.2) is 5.65 Å². The van der Waals surface area contributed by atoms with Gasteiger partial charge in [0.05, 0.1) is 11.9 Å². The van der Waals surface area contributed by atoms with Gasteiger partial charge in [0.1, 0.15) is 11.3 Å². The number of aromatic nitrogens is 3. The first-order chi connectivity index (χ1) is 11.2. The molecule has 0 fully saturated rings. The number of hydrogen-bond acceptors (Lipinski definition) is 4. The largest absolute Gasteiger partial charge is 0.338 e. The number of nitrogens with zero attached hydrogens (tertiary/aromatic N) is 3. The lowest BCUT2D eigenvalue weighted by Gasteiger charge is -2.06. The average Bonchev–Trinajstić information content (AvgIpc) is 2.54. The molecule has 0 spiro atoms. The number of amides is 2. The van der Waals surface area contributed by atoms with Crippen molar-refractivity contribution in [3.8, 4) is 11.3 Å². The zero-order chi connectivity index (χ0) is 16.2. The number of carbonyl (C=O) groups is 1. The minimum Gasteiger partial charge on any atom is -0.338 e. The molecule has 0 bridgehead atoms. The van der Waals surface area contributed by atoms with E-state index in [9.17, 15) is 4.79 Å². The number of halogens is 1. The van der Waals surface area contributed by atoms with E-state index < -0.39 is 0 Å². The SMILES string of the molecule is CCNC(=O)Nc1ccc2ncc(-c3cccc(Cl)c3)nc2n1. The molecule has 0 saturated carbocycles. The quantitative estimate of drug-likeness (QED) is 0.771. The van der Waals surface area contributed by atoms with E-state index in [1.54, 1.807) is 24.4 Å². The van der Waals surface area contributed by atoms with Crippen molar-refractivity contribution in [2.45, 2.75) is 6.92 Å². The van der Waals surface area contributed by atoms with Crippen LogP contribution in [0.3, 0.4) is 0 Å². The highest BCUT2D eigenvalue weighted by Crippen LogP contribution is 2.22. The van der Waals surface area contributed by atoms with Crippen molar-refractivity contribution in [2.75, 3.05) is 11.9 Å². The highest BCUT2D eigenvalue weighted by molar-refractivity contribution is 6.30. The second-order valence-electron chi connectivity index (χ2n) is 4.79. The van der Waals surface area contributed by atoms with Crippen molar-refractivity contribution in [3.05, 3.63) is 47.6 Å². The summed E-state index contributed by atoms with van der Waals surface area (Å²) in [6.07, 6.45) is 1.67. The molecule has 0 aliphatic heterocycles. The lowest BCUT2D eigenvalue weighted by Crippen LogP contribution is -2.28. The van der Waals surface area contributed by atoms with Crippen molar-refractivity contribution in [1.29, 1.82) is 0 Å². The molecule has 23 heavy (non-hydrogen) atoms. The average molecular weight is 328 g/mol. The Labute approximate surface area is 137 Å². The third kappa shape index (κ3) is 3.54. The lowest BCUT2D eigenvalue weighted by molar-refractivity contribution is 0.252. The summed E-state index contributed by atoms with van der Waals surface area (Å²) >= 11 is 6.01. The van der Waals surface area contributed by atoms with E-state index in [0.29, 0.717) is 34.2 Å². The van der Waals surface area contributed by atoms with Gasteiger partial charge in [0, 0.05) is 17.1 Å². The second-order valence-corrected chi connectivity index (χ2v) is 5.23. The maximum atomic E-state index is 11.6. The van der Waals surface area contributed by atoms with E-state index in [2.05, 4.69) is 25.6 Å². The third-order valence-corrected chi connectivity index (χ3v) is 3.34. The molecule has 0 unspecified atom stereocenters. The summed E-state index contributed by atoms with van der Waals surface area (Å²) in [4.78, 5) is 24.7. The number of hydrogen-bond donors (Lipinski definition) is 2. The highest BCUT2D eigenvalue weighted by atomic mass is 35.5. The molecule has 0 aliphatic carbocycles. The Morgan fingerprint density at radius 1 is 1.22 bits per heavy atom. The maximum Gasteiger partial charge on any atom is 0.320 e. The molecular formula is C16H14ClN5O. The Kier molecular flexibility index (Phi) is 4.34. The molecule has 2 amide bonds. The van der Waals surface area contributed by atoms with Crippen LogP contribution in [0, 0.1) is 0 Å². The molecule has 116 valence electrons. The van der Waals surface area contributed by atoms with Crippen LogP contribution in [0.4, 0.5) is 10.6 Å². The van der Waals surface area contributed by atoms with Crippen LogP contribution < -0.4 is 10.6 Å². The first-order valence-corrected chi connectivity index (χ1v) is 7.48. The van der Waals surface area contributed by atoms with Crippen LogP contribution in [0.15, 0.2) is 42.6 Å². The van der Waals surface area contributed by atoms with Gasteiger partial charge in [0.25, 0.3) is 0 Å². The van der Waals surface area contributed by atoms with Crippen LogP contribution in [0.2, 0.25) is 5.02 Å². The Balaban J connectivity index is 1.96. The first-order valence-electron chi connectivity index (χ1n) is 7.10. The van der Waals surface area contributed by atoms with Crippen LogP contribution in [-0.4, -0.2) is 27.5 Å². The molecule has 6 nitrogen and oxygen atoms in total. The number of fused-ring (bicyclic) bond motifs is 1. The molecule has 0 atom stereocenters. The summed E-state index contributed by atoms with van der Waals surface area (Å²) in [5, 5.41) is 5.93. The minimum atomic E-state index is -0.307. The van der Waals surface area contributed by atoms with Gasteiger partial charge in [0.2, 0.25) is 0 Å². The number of carbonyl (C=O) groups excluding carboxylic acids is 1. The fourth-order valence-electron chi connectivity index (χ4n) is 2.08. The molecule has 2 N–H and O–H groups in total. The van der Waals surface area contributed by atoms with Crippen LogP contribution in [0.25, 0.3) is 22.4 Å². The predicted octanol–water partition coefficient (Wildman–Crippen LogP) is 3.49. The van der Waals surface area contributed by atoms with Crippen molar-refractivity contribution in [1.82, 2.24) is 20.3 Å². The summed E-state index contributed by atoms with van der Waals surface area (Å²) in [7, 11) is 0. The highest BCUT2D eigenvalue weighted by Gasteiger charge is 2.07. The number of nitrogens with one attached hydrogen (secondary N) is 2. The van der Waals surface area contributed by atoms with E-state index in [4.69, 9.17) is 11.6 Å².